The second-order valence-corrected chi connectivity index (χ2v) is 9.93. The van der Waals surface area contributed by atoms with Gasteiger partial charge in [-0.1, -0.05) is 12.1 Å². The summed E-state index contributed by atoms with van der Waals surface area (Å²) in [5.74, 6) is 1.44. The van der Waals surface area contributed by atoms with Gasteiger partial charge in [-0.15, -0.1) is 0 Å². The Bertz CT molecular complexity index is 1490. The molecule has 0 atom stereocenters. The zero-order chi connectivity index (χ0) is 24.6. The summed E-state index contributed by atoms with van der Waals surface area (Å²) in [7, 11) is -2.17. The first-order valence-electron chi connectivity index (χ1n) is 10.8. The predicted octanol–water partition coefficient (Wildman–Crippen LogP) is 2.22. The van der Waals surface area contributed by atoms with E-state index in [1.165, 1.54) is 12.1 Å². The van der Waals surface area contributed by atoms with E-state index < -0.39 is 15.7 Å². The summed E-state index contributed by atoms with van der Waals surface area (Å²) in [4.78, 5) is 18.3. The average molecular weight is 493 g/mol. The summed E-state index contributed by atoms with van der Waals surface area (Å²) in [6.45, 7) is 0.382. The average Bonchev–Trinajstić information content (AvgIpc) is 3.58. The summed E-state index contributed by atoms with van der Waals surface area (Å²) in [5, 5.41) is 11.6. The molecule has 0 spiro atoms. The van der Waals surface area contributed by atoms with E-state index in [9.17, 15) is 8.42 Å². The molecule has 0 bridgehead atoms. The molecule has 1 aromatic carbocycles. The molecule has 3 heterocycles. The Balaban J connectivity index is 1.44. The van der Waals surface area contributed by atoms with Crippen LogP contribution in [0.3, 0.4) is 0 Å². The topological polar surface area (TPSA) is 171 Å². The van der Waals surface area contributed by atoms with Crippen LogP contribution in [-0.4, -0.2) is 41.1 Å². The SMILES string of the molecule is COc1ccc(-c2ccc3nc(NCc4ccc(S(N)(=O)=O)cc4)nc(NC4(N)CC4)c3n2)cn1. The Hall–Kier alpha value is -3.87. The molecule has 0 unspecified atom stereocenters. The van der Waals surface area contributed by atoms with E-state index >= 15 is 0 Å². The molecule has 1 fully saturated rings. The second kappa shape index (κ2) is 8.73. The lowest BCUT2D eigenvalue weighted by atomic mass is 10.2. The van der Waals surface area contributed by atoms with Crippen LogP contribution in [0.15, 0.2) is 59.6 Å². The maximum Gasteiger partial charge on any atom is 0.238 e. The number of pyridine rings is 2. The maximum atomic E-state index is 11.5. The molecular formula is C23H24N8O3S. The first kappa shape index (κ1) is 22.9. The Morgan fingerprint density at radius 1 is 1.03 bits per heavy atom. The van der Waals surface area contributed by atoms with E-state index in [0.29, 0.717) is 35.2 Å². The van der Waals surface area contributed by atoms with E-state index in [0.717, 1.165) is 29.7 Å². The van der Waals surface area contributed by atoms with Gasteiger partial charge in [0.05, 0.1) is 28.9 Å². The number of fused-ring (bicyclic) bond motifs is 1. The molecule has 5 rings (SSSR count). The van der Waals surface area contributed by atoms with Crippen LogP contribution in [0.1, 0.15) is 18.4 Å². The Kier molecular flexibility index (Phi) is 5.71. The number of hydrogen-bond donors (Lipinski definition) is 4. The van der Waals surface area contributed by atoms with Crippen molar-refractivity contribution in [3.05, 3.63) is 60.3 Å². The Morgan fingerprint density at radius 3 is 2.43 bits per heavy atom. The van der Waals surface area contributed by atoms with Crippen LogP contribution in [0.4, 0.5) is 11.8 Å². The number of nitrogens with one attached hydrogen (secondary N) is 2. The minimum absolute atomic E-state index is 0.0568. The quantitative estimate of drug-likeness (QED) is 0.267. The molecule has 180 valence electrons. The minimum Gasteiger partial charge on any atom is -0.481 e. The molecule has 3 aromatic heterocycles. The number of benzene rings is 1. The number of aromatic nitrogens is 4. The van der Waals surface area contributed by atoms with Crippen molar-refractivity contribution in [3.63, 3.8) is 0 Å². The lowest BCUT2D eigenvalue weighted by Crippen LogP contribution is -2.32. The molecule has 6 N–H and O–H groups in total. The van der Waals surface area contributed by atoms with Crippen LogP contribution in [0, 0.1) is 0 Å². The summed E-state index contributed by atoms with van der Waals surface area (Å²) in [5.41, 5.74) is 9.43. The van der Waals surface area contributed by atoms with E-state index in [4.69, 9.17) is 20.6 Å². The van der Waals surface area contributed by atoms with Gasteiger partial charge in [-0.05, 0) is 48.7 Å². The van der Waals surface area contributed by atoms with Crippen molar-refractivity contribution in [2.75, 3.05) is 17.7 Å². The van der Waals surface area contributed by atoms with Crippen molar-refractivity contribution >= 4 is 32.8 Å². The fraction of sp³-hybridized carbons (Fsp3) is 0.217. The molecule has 1 aliphatic carbocycles. The van der Waals surface area contributed by atoms with Crippen molar-refractivity contribution in [1.82, 2.24) is 19.9 Å². The van der Waals surface area contributed by atoms with Crippen LogP contribution in [-0.2, 0) is 16.6 Å². The van der Waals surface area contributed by atoms with Crippen LogP contribution >= 0.6 is 0 Å². The lowest BCUT2D eigenvalue weighted by molar-refractivity contribution is 0.398. The van der Waals surface area contributed by atoms with E-state index in [-0.39, 0.29) is 4.90 Å². The number of anilines is 2. The summed E-state index contributed by atoms with van der Waals surface area (Å²) in [6, 6.07) is 13.7. The molecule has 11 nitrogen and oxygen atoms in total. The van der Waals surface area contributed by atoms with Crippen LogP contribution in [0.5, 0.6) is 5.88 Å². The number of methoxy groups -OCH3 is 1. The van der Waals surface area contributed by atoms with Gasteiger partial charge in [-0.25, -0.2) is 28.5 Å². The third-order valence-corrected chi connectivity index (χ3v) is 6.57. The normalized spacial score (nSPS) is 14.5. The van der Waals surface area contributed by atoms with Crippen LogP contribution < -0.4 is 26.2 Å². The number of hydrogen-bond acceptors (Lipinski definition) is 10. The molecule has 0 saturated heterocycles. The molecule has 1 saturated carbocycles. The van der Waals surface area contributed by atoms with Gasteiger partial charge in [0, 0.05) is 24.4 Å². The third-order valence-electron chi connectivity index (χ3n) is 5.64. The number of nitrogens with two attached hydrogens (primary N) is 2. The number of sulfonamides is 1. The molecular weight excluding hydrogens is 468 g/mol. The number of primary sulfonamides is 1. The highest BCUT2D eigenvalue weighted by molar-refractivity contribution is 7.89. The van der Waals surface area contributed by atoms with Gasteiger partial charge in [-0.3, -0.25) is 0 Å². The Morgan fingerprint density at radius 2 is 1.80 bits per heavy atom. The molecule has 0 aliphatic heterocycles. The van der Waals surface area contributed by atoms with Gasteiger partial charge in [0.15, 0.2) is 5.82 Å². The monoisotopic (exact) mass is 492 g/mol. The van der Waals surface area contributed by atoms with Crippen molar-refractivity contribution in [2.45, 2.75) is 29.9 Å². The zero-order valence-electron chi connectivity index (χ0n) is 18.9. The minimum atomic E-state index is -3.74. The molecule has 0 amide bonds. The smallest absolute Gasteiger partial charge is 0.238 e. The van der Waals surface area contributed by atoms with E-state index in [1.54, 1.807) is 31.5 Å². The highest BCUT2D eigenvalue weighted by atomic mass is 32.2. The van der Waals surface area contributed by atoms with Gasteiger partial charge in [0.1, 0.15) is 5.52 Å². The van der Waals surface area contributed by atoms with Gasteiger partial charge >= 0.3 is 0 Å². The molecule has 4 aromatic rings. The Labute approximate surface area is 202 Å². The first-order chi connectivity index (χ1) is 16.7. The highest BCUT2D eigenvalue weighted by Gasteiger charge is 2.39. The van der Waals surface area contributed by atoms with Gasteiger partial charge in [-0.2, -0.15) is 4.98 Å². The maximum absolute atomic E-state index is 11.5. The largest absolute Gasteiger partial charge is 0.481 e. The van der Waals surface area contributed by atoms with Crippen molar-refractivity contribution < 1.29 is 13.2 Å². The summed E-state index contributed by atoms with van der Waals surface area (Å²) >= 11 is 0. The third kappa shape index (κ3) is 5.14. The summed E-state index contributed by atoms with van der Waals surface area (Å²) < 4.78 is 28.0. The fourth-order valence-electron chi connectivity index (χ4n) is 3.47. The molecule has 1 aliphatic rings. The summed E-state index contributed by atoms with van der Waals surface area (Å²) in [6.07, 6.45) is 3.36. The van der Waals surface area contributed by atoms with Crippen LogP contribution in [0.2, 0.25) is 0 Å². The lowest BCUT2D eigenvalue weighted by Gasteiger charge is -2.16. The van der Waals surface area contributed by atoms with Crippen molar-refractivity contribution in [3.8, 4) is 17.1 Å². The number of rotatable bonds is 8. The molecule has 0 radical (unpaired) electrons. The van der Waals surface area contributed by atoms with Crippen LogP contribution in [0.25, 0.3) is 22.3 Å². The van der Waals surface area contributed by atoms with Gasteiger partial charge in [0.2, 0.25) is 21.9 Å². The molecule has 12 heteroatoms. The van der Waals surface area contributed by atoms with Gasteiger partial charge in [0.25, 0.3) is 0 Å². The first-order valence-corrected chi connectivity index (χ1v) is 12.4. The standard InChI is InChI=1S/C23H24N8O3S/c1-34-19-9-4-15(13-26-19)17-7-8-18-20(28-17)21(31-23(24)10-11-23)30-22(29-18)27-12-14-2-5-16(6-3-14)35(25,32)33/h2-9,13H,10-12,24H2,1H3,(H2,25,32,33)(H2,27,29,30,31). The molecule has 35 heavy (non-hydrogen) atoms. The highest BCUT2D eigenvalue weighted by Crippen LogP contribution is 2.35. The van der Waals surface area contributed by atoms with E-state index in [1.807, 2.05) is 18.2 Å². The zero-order valence-corrected chi connectivity index (χ0v) is 19.7. The number of nitrogens with zero attached hydrogens (tertiary/aromatic N) is 4. The van der Waals surface area contributed by atoms with Crippen molar-refractivity contribution in [1.29, 1.82) is 0 Å². The fourth-order valence-corrected chi connectivity index (χ4v) is 3.98. The van der Waals surface area contributed by atoms with Gasteiger partial charge < -0.3 is 21.1 Å². The van der Waals surface area contributed by atoms with E-state index in [2.05, 4.69) is 25.6 Å². The number of ether oxygens (including phenoxy) is 1. The van der Waals surface area contributed by atoms with Crippen molar-refractivity contribution in [2.24, 2.45) is 10.9 Å². The predicted molar refractivity (Wildman–Crippen MR) is 132 cm³/mol. The second-order valence-electron chi connectivity index (χ2n) is 8.37.